The molecular weight excluding hydrogens is 424 g/mol. The number of hydrogen-bond donors (Lipinski definition) is 1. The average molecular weight is 471 g/mol. The molecule has 1 N–H and O–H groups in total. The van der Waals surface area contributed by atoms with Crippen LogP contribution in [0.2, 0.25) is 18.1 Å². The summed E-state index contributed by atoms with van der Waals surface area (Å²) in [6.45, 7) is 8.70. The molecule has 6 nitrogen and oxygen atoms in total. The summed E-state index contributed by atoms with van der Waals surface area (Å²) in [7, 11) is -2.05. The summed E-state index contributed by atoms with van der Waals surface area (Å²) in [5.41, 5.74) is 0.192. The Labute approximate surface area is 196 Å². The Balaban J connectivity index is 4.61. The quantitative estimate of drug-likeness (QED) is 0.0911. The molecule has 0 unspecified atom stereocenters. The van der Waals surface area contributed by atoms with Gasteiger partial charge in [0.25, 0.3) is 14.3 Å². The first-order chi connectivity index (χ1) is 15.3. The molecule has 186 valence electrons. The third-order valence-electron chi connectivity index (χ3n) is 5.66. The molecule has 0 aliphatic heterocycles. The minimum absolute atomic E-state index is 0.110. The van der Waals surface area contributed by atoms with Crippen LogP contribution in [-0.2, 0) is 23.5 Å². The van der Waals surface area contributed by atoms with E-state index in [0.29, 0.717) is 25.7 Å². The molecule has 7 heteroatoms. The number of aliphatic carboxylic acids is 1. The van der Waals surface area contributed by atoms with E-state index in [1.165, 1.54) is 0 Å². The predicted molar refractivity (Wildman–Crippen MR) is 131 cm³/mol. The number of ether oxygens (including phenoxy) is 1. The molecule has 0 aliphatic carbocycles. The average Bonchev–Trinajstić information content (AvgIpc) is 2.76. The molecule has 0 atom stereocenters. The number of hydrogen-bond acceptors (Lipinski definition) is 5. The van der Waals surface area contributed by atoms with Crippen molar-refractivity contribution in [1.29, 1.82) is 0 Å². The SMILES string of the molecule is CCCC/C(=C/C(=O)O)C(=O)OCCCCC(=O)O[Si](CCCC)(CCCC)CCCC. The van der Waals surface area contributed by atoms with Crippen molar-refractivity contribution < 1.29 is 28.7 Å². The van der Waals surface area contributed by atoms with E-state index in [2.05, 4.69) is 20.8 Å². The number of carbonyl (C=O) groups excluding carboxylic acids is 2. The van der Waals surface area contributed by atoms with Crippen LogP contribution in [-0.4, -0.2) is 37.9 Å². The van der Waals surface area contributed by atoms with Gasteiger partial charge in [-0.15, -0.1) is 0 Å². The minimum atomic E-state index is -2.05. The van der Waals surface area contributed by atoms with E-state index >= 15 is 0 Å². The molecule has 0 rings (SSSR count). The van der Waals surface area contributed by atoms with E-state index in [1.807, 2.05) is 6.92 Å². The summed E-state index contributed by atoms with van der Waals surface area (Å²) in [5.74, 6) is -1.83. The number of carboxylic acid groups (broad SMARTS) is 1. The second-order valence-electron chi connectivity index (χ2n) is 8.67. The van der Waals surface area contributed by atoms with Gasteiger partial charge in [0.1, 0.15) is 0 Å². The Morgan fingerprint density at radius 2 is 1.28 bits per heavy atom. The molecule has 0 radical (unpaired) electrons. The van der Waals surface area contributed by atoms with Crippen LogP contribution in [0.25, 0.3) is 0 Å². The molecule has 0 aromatic rings. The number of carbonyl (C=O) groups is 3. The molecule has 32 heavy (non-hydrogen) atoms. The van der Waals surface area contributed by atoms with Gasteiger partial charge in [-0.05, 0) is 43.8 Å². The maximum absolute atomic E-state index is 12.6. The largest absolute Gasteiger partial charge is 0.519 e. The Hall–Kier alpha value is -1.63. The van der Waals surface area contributed by atoms with E-state index in [4.69, 9.17) is 14.3 Å². The number of carboxylic acids is 1. The first kappa shape index (κ1) is 30.4. The van der Waals surface area contributed by atoms with E-state index in [9.17, 15) is 14.4 Å². The molecule has 0 saturated heterocycles. The van der Waals surface area contributed by atoms with Gasteiger partial charge in [-0.25, -0.2) is 9.59 Å². The molecule has 0 fully saturated rings. The van der Waals surface area contributed by atoms with E-state index in [0.717, 1.165) is 75.6 Å². The summed E-state index contributed by atoms with van der Waals surface area (Å²) in [6, 6.07) is 3.18. The second kappa shape index (κ2) is 18.9. The highest BCUT2D eigenvalue weighted by atomic mass is 28.4. The van der Waals surface area contributed by atoms with E-state index in [-0.39, 0.29) is 18.1 Å². The van der Waals surface area contributed by atoms with Crippen molar-refractivity contribution >= 4 is 26.2 Å². The normalized spacial score (nSPS) is 11.9. The number of rotatable bonds is 20. The van der Waals surface area contributed by atoms with Crippen LogP contribution < -0.4 is 0 Å². The first-order valence-corrected chi connectivity index (χ1v) is 15.2. The standard InChI is InChI=1S/C25H46O6Si/c1-5-9-15-22(21-23(26)27)25(29)30-17-14-13-16-24(28)31-32(18-10-6-2,19-11-7-3)20-12-8-4/h21H,5-20H2,1-4H3,(H,26,27)/b22-21-. The molecular formula is C25H46O6Si. The lowest BCUT2D eigenvalue weighted by Crippen LogP contribution is -2.40. The van der Waals surface area contributed by atoms with Crippen molar-refractivity contribution in [3.63, 3.8) is 0 Å². The molecule has 0 bridgehead atoms. The van der Waals surface area contributed by atoms with Crippen LogP contribution in [0.15, 0.2) is 11.6 Å². The minimum Gasteiger partial charge on any atom is -0.519 e. The Morgan fingerprint density at radius 3 is 1.75 bits per heavy atom. The zero-order valence-corrected chi connectivity index (χ0v) is 21.9. The van der Waals surface area contributed by atoms with Gasteiger partial charge in [0.2, 0.25) is 0 Å². The monoisotopic (exact) mass is 470 g/mol. The van der Waals surface area contributed by atoms with Crippen LogP contribution in [0.4, 0.5) is 0 Å². The first-order valence-electron chi connectivity index (χ1n) is 12.7. The lowest BCUT2D eigenvalue weighted by Gasteiger charge is -2.31. The van der Waals surface area contributed by atoms with Crippen LogP contribution in [0.3, 0.4) is 0 Å². The van der Waals surface area contributed by atoms with Gasteiger partial charge in [0, 0.05) is 18.1 Å². The zero-order valence-electron chi connectivity index (χ0n) is 20.9. The highest BCUT2D eigenvalue weighted by Crippen LogP contribution is 2.30. The fourth-order valence-corrected chi connectivity index (χ4v) is 8.33. The van der Waals surface area contributed by atoms with Crippen LogP contribution >= 0.6 is 0 Å². The smallest absolute Gasteiger partial charge is 0.334 e. The van der Waals surface area contributed by atoms with Crippen molar-refractivity contribution in [3.05, 3.63) is 11.6 Å². The summed E-state index contributed by atoms with van der Waals surface area (Å²) in [5, 5.41) is 8.93. The summed E-state index contributed by atoms with van der Waals surface area (Å²) < 4.78 is 11.4. The number of unbranched alkanes of at least 4 members (excludes halogenated alkanes) is 5. The molecule has 0 saturated carbocycles. The third-order valence-corrected chi connectivity index (χ3v) is 10.1. The second-order valence-corrected chi connectivity index (χ2v) is 12.7. The van der Waals surface area contributed by atoms with E-state index in [1.54, 1.807) is 0 Å². The van der Waals surface area contributed by atoms with Gasteiger partial charge in [-0.3, -0.25) is 4.79 Å². The lowest BCUT2D eigenvalue weighted by atomic mass is 10.1. The van der Waals surface area contributed by atoms with Gasteiger partial charge >= 0.3 is 11.9 Å². The molecule has 0 spiro atoms. The van der Waals surface area contributed by atoms with Crippen molar-refractivity contribution in [2.24, 2.45) is 0 Å². The van der Waals surface area contributed by atoms with Crippen LogP contribution in [0, 0.1) is 0 Å². The Kier molecular flexibility index (Phi) is 17.9. The summed E-state index contributed by atoms with van der Waals surface area (Å²) in [6.07, 6.45) is 11.1. The van der Waals surface area contributed by atoms with Gasteiger partial charge in [0.05, 0.1) is 6.61 Å². The fourth-order valence-electron chi connectivity index (χ4n) is 3.70. The summed E-state index contributed by atoms with van der Waals surface area (Å²) in [4.78, 5) is 35.7. The van der Waals surface area contributed by atoms with Crippen molar-refractivity contribution in [2.45, 2.75) is 123 Å². The Morgan fingerprint density at radius 1 is 0.750 bits per heavy atom. The maximum Gasteiger partial charge on any atom is 0.334 e. The summed E-state index contributed by atoms with van der Waals surface area (Å²) >= 11 is 0. The molecule has 0 aromatic carbocycles. The Bertz CT molecular complexity index is 551. The van der Waals surface area contributed by atoms with Gasteiger partial charge in [0.15, 0.2) is 0 Å². The number of esters is 1. The van der Waals surface area contributed by atoms with Crippen LogP contribution in [0.5, 0.6) is 0 Å². The highest BCUT2D eigenvalue weighted by Gasteiger charge is 2.36. The predicted octanol–water partition coefficient (Wildman–Crippen LogP) is 6.79. The zero-order chi connectivity index (χ0) is 24.2. The highest BCUT2D eigenvalue weighted by molar-refractivity contribution is 6.75. The fraction of sp³-hybridized carbons (Fsp3) is 0.800. The van der Waals surface area contributed by atoms with Crippen molar-refractivity contribution in [3.8, 4) is 0 Å². The van der Waals surface area contributed by atoms with Gasteiger partial charge < -0.3 is 14.3 Å². The van der Waals surface area contributed by atoms with Crippen molar-refractivity contribution in [2.75, 3.05) is 6.61 Å². The van der Waals surface area contributed by atoms with Gasteiger partial charge in [-0.1, -0.05) is 72.6 Å². The molecule has 0 aromatic heterocycles. The van der Waals surface area contributed by atoms with E-state index < -0.39 is 20.3 Å². The van der Waals surface area contributed by atoms with Crippen LogP contribution in [0.1, 0.15) is 105 Å². The van der Waals surface area contributed by atoms with Gasteiger partial charge in [-0.2, -0.15) is 0 Å². The molecule has 0 aliphatic rings. The molecule has 0 amide bonds. The van der Waals surface area contributed by atoms with Crippen molar-refractivity contribution in [1.82, 2.24) is 0 Å². The maximum atomic E-state index is 12.6. The topological polar surface area (TPSA) is 89.9 Å². The molecule has 0 heterocycles. The third kappa shape index (κ3) is 14.4. The lowest BCUT2D eigenvalue weighted by molar-refractivity contribution is -0.140.